The Kier molecular flexibility index (Phi) is 4.49. The first kappa shape index (κ1) is 15.1. The molecule has 1 saturated heterocycles. The summed E-state index contributed by atoms with van der Waals surface area (Å²) in [6.07, 6.45) is -0.532. The van der Waals surface area contributed by atoms with E-state index in [2.05, 4.69) is 0 Å². The molecule has 1 fully saturated rings. The van der Waals surface area contributed by atoms with Crippen LogP contribution in [-0.2, 0) is 14.8 Å². The number of thiocarbonyl (C=S) groups is 1. The molecule has 9 heteroatoms. The van der Waals surface area contributed by atoms with Crippen molar-refractivity contribution in [3.05, 3.63) is 16.0 Å². The molecule has 1 aliphatic heterocycles. The zero-order valence-corrected chi connectivity index (χ0v) is 13.3. The summed E-state index contributed by atoms with van der Waals surface area (Å²) >= 11 is 11.8. The number of nitrogens with zero attached hydrogens (tertiary/aromatic N) is 1. The van der Waals surface area contributed by atoms with E-state index in [0.29, 0.717) is 4.34 Å². The Labute approximate surface area is 126 Å². The Bertz CT molecular complexity index is 580. The van der Waals surface area contributed by atoms with E-state index in [9.17, 15) is 8.42 Å². The number of halogens is 1. The van der Waals surface area contributed by atoms with Gasteiger partial charge in [-0.05, 0) is 18.6 Å². The Balaban J connectivity index is 2.26. The molecule has 1 aliphatic rings. The number of nitrogens with two attached hydrogens (primary N) is 1. The lowest BCUT2D eigenvalue weighted by Crippen LogP contribution is -2.49. The molecule has 0 aliphatic carbocycles. The number of rotatable bonds is 3. The van der Waals surface area contributed by atoms with Crippen molar-refractivity contribution in [1.82, 2.24) is 4.31 Å². The van der Waals surface area contributed by atoms with Crippen molar-refractivity contribution in [2.24, 2.45) is 5.73 Å². The fourth-order valence-electron chi connectivity index (χ4n) is 1.70. The molecular weight excluding hydrogens is 328 g/mol. The number of hydrogen-bond donors (Lipinski definition) is 1. The SMILES string of the molecule is Cc1cc(S(=O)(=O)N2CCOC(C(N)=S)C2)sc1Cl. The van der Waals surface area contributed by atoms with Gasteiger partial charge in [-0.25, -0.2) is 8.42 Å². The lowest BCUT2D eigenvalue weighted by Gasteiger charge is -2.31. The third kappa shape index (κ3) is 3.09. The van der Waals surface area contributed by atoms with Crippen LogP contribution in [0.1, 0.15) is 5.56 Å². The van der Waals surface area contributed by atoms with Crippen LogP contribution < -0.4 is 5.73 Å². The van der Waals surface area contributed by atoms with Crippen LogP contribution in [0, 0.1) is 6.92 Å². The summed E-state index contributed by atoms with van der Waals surface area (Å²) in [5.74, 6) is 0. The van der Waals surface area contributed by atoms with Crippen LogP contribution in [-0.4, -0.2) is 43.5 Å². The van der Waals surface area contributed by atoms with Gasteiger partial charge in [0.15, 0.2) is 0 Å². The Morgan fingerprint density at radius 2 is 2.37 bits per heavy atom. The third-order valence-corrected chi connectivity index (χ3v) is 6.91. The number of hydrogen-bond acceptors (Lipinski definition) is 5. The largest absolute Gasteiger partial charge is 0.391 e. The van der Waals surface area contributed by atoms with Gasteiger partial charge in [-0.15, -0.1) is 11.3 Å². The summed E-state index contributed by atoms with van der Waals surface area (Å²) in [5.41, 5.74) is 6.26. The summed E-state index contributed by atoms with van der Waals surface area (Å²) < 4.78 is 32.3. The standard InChI is InChI=1S/C10H13ClN2O3S3/c1-6-4-8(18-9(6)11)19(14,15)13-2-3-16-7(5-13)10(12)17/h4,7H,2-3,5H2,1H3,(H2,12,17). The molecule has 1 atom stereocenters. The highest BCUT2D eigenvalue weighted by Crippen LogP contribution is 2.32. The smallest absolute Gasteiger partial charge is 0.252 e. The summed E-state index contributed by atoms with van der Waals surface area (Å²) in [6, 6.07) is 1.58. The van der Waals surface area contributed by atoms with Gasteiger partial charge in [0.1, 0.15) is 15.3 Å². The van der Waals surface area contributed by atoms with Crippen LogP contribution in [0.15, 0.2) is 10.3 Å². The van der Waals surface area contributed by atoms with Crippen molar-refractivity contribution < 1.29 is 13.2 Å². The molecule has 2 rings (SSSR count). The van der Waals surface area contributed by atoms with E-state index >= 15 is 0 Å². The molecule has 0 amide bonds. The van der Waals surface area contributed by atoms with Crippen molar-refractivity contribution in [3.8, 4) is 0 Å². The highest BCUT2D eigenvalue weighted by atomic mass is 35.5. The fourth-order valence-corrected chi connectivity index (χ4v) is 5.13. The van der Waals surface area contributed by atoms with E-state index in [1.165, 1.54) is 4.31 Å². The first-order valence-electron chi connectivity index (χ1n) is 5.49. The van der Waals surface area contributed by atoms with Gasteiger partial charge in [0.05, 0.1) is 10.9 Å². The molecule has 0 bridgehead atoms. The van der Waals surface area contributed by atoms with Gasteiger partial charge in [-0.3, -0.25) is 0 Å². The van der Waals surface area contributed by atoms with Gasteiger partial charge in [0, 0.05) is 13.1 Å². The van der Waals surface area contributed by atoms with Gasteiger partial charge >= 0.3 is 0 Å². The van der Waals surface area contributed by atoms with E-state index in [1.807, 2.05) is 0 Å². The minimum absolute atomic E-state index is 0.145. The van der Waals surface area contributed by atoms with E-state index < -0.39 is 16.1 Å². The first-order valence-corrected chi connectivity index (χ1v) is 8.53. The molecular formula is C10H13ClN2O3S3. The van der Waals surface area contributed by atoms with Gasteiger partial charge in [-0.2, -0.15) is 4.31 Å². The summed E-state index contributed by atoms with van der Waals surface area (Å²) in [6.45, 7) is 2.48. The number of morpholine rings is 1. The van der Waals surface area contributed by atoms with Crippen LogP contribution in [0.4, 0.5) is 0 Å². The number of sulfonamides is 1. The summed E-state index contributed by atoms with van der Waals surface area (Å²) in [5, 5.41) is 0. The molecule has 0 aromatic carbocycles. The molecule has 0 spiro atoms. The molecule has 1 aromatic heterocycles. The van der Waals surface area contributed by atoms with E-state index in [4.69, 9.17) is 34.3 Å². The van der Waals surface area contributed by atoms with E-state index in [0.717, 1.165) is 16.9 Å². The van der Waals surface area contributed by atoms with E-state index in [1.54, 1.807) is 13.0 Å². The minimum Gasteiger partial charge on any atom is -0.391 e. The van der Waals surface area contributed by atoms with Crippen molar-refractivity contribution >= 4 is 50.2 Å². The van der Waals surface area contributed by atoms with Crippen LogP contribution in [0.3, 0.4) is 0 Å². The summed E-state index contributed by atoms with van der Waals surface area (Å²) in [7, 11) is -3.56. The minimum atomic E-state index is -3.56. The maximum absolute atomic E-state index is 12.5. The predicted molar refractivity (Wildman–Crippen MR) is 79.4 cm³/mol. The van der Waals surface area contributed by atoms with Crippen molar-refractivity contribution in [2.45, 2.75) is 17.2 Å². The molecule has 19 heavy (non-hydrogen) atoms. The fraction of sp³-hybridized carbons (Fsp3) is 0.500. The van der Waals surface area contributed by atoms with Gasteiger partial charge in [0.25, 0.3) is 10.0 Å². The molecule has 0 saturated carbocycles. The summed E-state index contributed by atoms with van der Waals surface area (Å²) in [4.78, 5) is 0.167. The second-order valence-corrected chi connectivity index (χ2v) is 8.44. The highest BCUT2D eigenvalue weighted by Gasteiger charge is 2.33. The maximum Gasteiger partial charge on any atom is 0.252 e. The zero-order valence-electron chi connectivity index (χ0n) is 10.1. The molecule has 2 N–H and O–H groups in total. The first-order chi connectivity index (χ1) is 8.82. The van der Waals surface area contributed by atoms with Crippen molar-refractivity contribution in [3.63, 3.8) is 0 Å². The highest BCUT2D eigenvalue weighted by molar-refractivity contribution is 7.91. The van der Waals surface area contributed by atoms with Crippen LogP contribution in [0.2, 0.25) is 4.34 Å². The third-order valence-electron chi connectivity index (χ3n) is 2.78. The number of ether oxygens (including phenoxy) is 1. The van der Waals surface area contributed by atoms with E-state index in [-0.39, 0.29) is 28.9 Å². The zero-order chi connectivity index (χ0) is 14.2. The van der Waals surface area contributed by atoms with Crippen molar-refractivity contribution in [2.75, 3.05) is 19.7 Å². The Morgan fingerprint density at radius 3 is 2.89 bits per heavy atom. The molecule has 2 heterocycles. The van der Waals surface area contributed by atoms with Gasteiger partial charge < -0.3 is 10.5 Å². The normalized spacial score (nSPS) is 21.5. The van der Waals surface area contributed by atoms with Gasteiger partial charge in [0.2, 0.25) is 0 Å². The topological polar surface area (TPSA) is 72.6 Å². The average Bonchev–Trinajstić information content (AvgIpc) is 2.70. The van der Waals surface area contributed by atoms with Crippen LogP contribution in [0.25, 0.3) is 0 Å². The lowest BCUT2D eigenvalue weighted by atomic mass is 10.3. The number of aryl methyl sites for hydroxylation is 1. The predicted octanol–water partition coefficient (Wildman–Crippen LogP) is 1.39. The monoisotopic (exact) mass is 340 g/mol. The maximum atomic E-state index is 12.5. The Morgan fingerprint density at radius 1 is 1.68 bits per heavy atom. The molecule has 1 unspecified atom stereocenters. The molecule has 0 radical (unpaired) electrons. The number of thiophene rings is 1. The van der Waals surface area contributed by atoms with Crippen molar-refractivity contribution in [1.29, 1.82) is 0 Å². The van der Waals surface area contributed by atoms with Gasteiger partial charge in [-0.1, -0.05) is 23.8 Å². The quantitative estimate of drug-likeness (QED) is 0.842. The van der Waals surface area contributed by atoms with Crippen LogP contribution >= 0.6 is 35.2 Å². The Hall–Kier alpha value is -0.250. The second kappa shape index (κ2) is 5.63. The molecule has 106 valence electrons. The molecule has 1 aromatic rings. The average molecular weight is 341 g/mol. The lowest BCUT2D eigenvalue weighted by molar-refractivity contribution is 0.0387. The molecule has 5 nitrogen and oxygen atoms in total. The second-order valence-electron chi connectivity index (χ2n) is 4.15. The van der Waals surface area contributed by atoms with Crippen LogP contribution in [0.5, 0.6) is 0 Å².